The molecule has 0 radical (unpaired) electrons. The lowest BCUT2D eigenvalue weighted by Gasteiger charge is -2.24. The van der Waals surface area contributed by atoms with E-state index >= 15 is 0 Å². The maximum atomic E-state index is 11.9. The number of nitrogens with one attached hydrogen (secondary N) is 1. The van der Waals surface area contributed by atoms with E-state index in [4.69, 9.17) is 0 Å². The molecule has 1 amide bonds. The van der Waals surface area contributed by atoms with Crippen LogP contribution >= 0.6 is 11.8 Å². The molecule has 1 fully saturated rings. The molecule has 1 unspecified atom stereocenters. The van der Waals surface area contributed by atoms with Crippen molar-refractivity contribution in [2.45, 2.75) is 19.0 Å². The van der Waals surface area contributed by atoms with E-state index in [0.29, 0.717) is 13.1 Å². The Balaban J connectivity index is 2.02. The molecule has 2 rings (SSSR count). The summed E-state index contributed by atoms with van der Waals surface area (Å²) in [7, 11) is 0. The lowest BCUT2D eigenvalue weighted by Crippen LogP contribution is -2.31. The van der Waals surface area contributed by atoms with Gasteiger partial charge in [0.25, 0.3) is 5.69 Å². The summed E-state index contributed by atoms with van der Waals surface area (Å²) in [6.45, 7) is 1.04. The largest absolute Gasteiger partial charge is 0.322 e. The van der Waals surface area contributed by atoms with Crippen molar-refractivity contribution < 1.29 is 9.72 Å². The van der Waals surface area contributed by atoms with Crippen molar-refractivity contribution in [2.75, 3.05) is 25.1 Å². The van der Waals surface area contributed by atoms with Crippen molar-refractivity contribution in [3.05, 3.63) is 39.9 Å². The first kappa shape index (κ1) is 15.8. The molecule has 21 heavy (non-hydrogen) atoms. The smallest absolute Gasteiger partial charge is 0.269 e. The van der Waals surface area contributed by atoms with E-state index in [1.165, 1.54) is 12.1 Å². The molecule has 0 aliphatic carbocycles. The number of hydrogen-bond donors (Lipinski definition) is 1. The van der Waals surface area contributed by atoms with Crippen LogP contribution < -0.4 is 5.32 Å². The number of amides is 1. The fourth-order valence-electron chi connectivity index (χ4n) is 2.40. The van der Waals surface area contributed by atoms with Crippen LogP contribution in [0, 0.1) is 10.1 Å². The van der Waals surface area contributed by atoms with E-state index in [1.54, 1.807) is 23.9 Å². The first-order chi connectivity index (χ1) is 10.1. The predicted molar refractivity (Wildman–Crippen MR) is 83.2 cm³/mol. The van der Waals surface area contributed by atoms with Gasteiger partial charge in [-0.1, -0.05) is 0 Å². The van der Waals surface area contributed by atoms with Crippen LogP contribution in [-0.4, -0.2) is 40.8 Å². The number of benzene rings is 1. The van der Waals surface area contributed by atoms with Gasteiger partial charge in [-0.3, -0.25) is 20.2 Å². The number of carbonyl (C=O) groups excluding carboxylic acids is 1. The van der Waals surface area contributed by atoms with Crippen LogP contribution in [0.3, 0.4) is 0 Å². The Hall–Kier alpha value is -1.60. The number of carbonyl (C=O) groups is 1. The molecule has 6 nitrogen and oxygen atoms in total. The van der Waals surface area contributed by atoms with Gasteiger partial charge in [0.05, 0.1) is 11.5 Å². The van der Waals surface area contributed by atoms with Crippen molar-refractivity contribution in [2.24, 2.45) is 0 Å². The van der Waals surface area contributed by atoms with E-state index in [-0.39, 0.29) is 17.8 Å². The molecular formula is C14H19N3O3S. The van der Waals surface area contributed by atoms with Crippen molar-refractivity contribution in [3.63, 3.8) is 0 Å². The van der Waals surface area contributed by atoms with Gasteiger partial charge in [0.1, 0.15) is 6.17 Å². The van der Waals surface area contributed by atoms with Gasteiger partial charge in [-0.2, -0.15) is 11.8 Å². The van der Waals surface area contributed by atoms with Gasteiger partial charge in [-0.25, -0.2) is 0 Å². The maximum Gasteiger partial charge on any atom is 0.269 e. The monoisotopic (exact) mass is 309 g/mol. The molecule has 1 N–H and O–H groups in total. The summed E-state index contributed by atoms with van der Waals surface area (Å²) in [6, 6.07) is 6.38. The Labute approximate surface area is 128 Å². The highest BCUT2D eigenvalue weighted by Crippen LogP contribution is 2.24. The lowest BCUT2D eigenvalue weighted by atomic mass is 10.1. The Morgan fingerprint density at radius 3 is 2.71 bits per heavy atom. The second kappa shape index (κ2) is 7.42. The van der Waals surface area contributed by atoms with Crippen molar-refractivity contribution in [1.29, 1.82) is 0 Å². The number of nitrogens with zero attached hydrogens (tertiary/aromatic N) is 2. The topological polar surface area (TPSA) is 75.5 Å². The number of nitro benzene ring substituents is 1. The molecule has 1 heterocycles. The number of thioether (sulfide) groups is 1. The van der Waals surface area contributed by atoms with Crippen LogP contribution in [0.15, 0.2) is 24.3 Å². The molecule has 0 aromatic heterocycles. The van der Waals surface area contributed by atoms with Crippen molar-refractivity contribution in [3.8, 4) is 0 Å². The molecular weight excluding hydrogens is 290 g/mol. The number of nitro groups is 1. The van der Waals surface area contributed by atoms with Crippen LogP contribution in [0.4, 0.5) is 5.69 Å². The summed E-state index contributed by atoms with van der Waals surface area (Å²) in [5.74, 6) is 1.18. The summed E-state index contributed by atoms with van der Waals surface area (Å²) in [6.07, 6.45) is 3.95. The third-order valence-electron chi connectivity index (χ3n) is 3.50. The van der Waals surface area contributed by atoms with Crippen molar-refractivity contribution >= 4 is 23.4 Å². The highest BCUT2D eigenvalue weighted by Gasteiger charge is 2.31. The van der Waals surface area contributed by atoms with Gasteiger partial charge in [0, 0.05) is 18.7 Å². The van der Waals surface area contributed by atoms with Gasteiger partial charge >= 0.3 is 0 Å². The van der Waals surface area contributed by atoms with Gasteiger partial charge < -0.3 is 4.90 Å². The molecule has 114 valence electrons. The highest BCUT2D eigenvalue weighted by molar-refractivity contribution is 7.98. The molecule has 7 heteroatoms. The van der Waals surface area contributed by atoms with E-state index in [0.717, 1.165) is 24.2 Å². The van der Waals surface area contributed by atoms with Crippen LogP contribution in [0.5, 0.6) is 0 Å². The average Bonchev–Trinajstić information content (AvgIpc) is 2.85. The molecule has 1 aromatic rings. The molecule has 0 saturated carbocycles. The normalized spacial score (nSPS) is 18.2. The van der Waals surface area contributed by atoms with E-state index < -0.39 is 4.92 Å². The summed E-state index contributed by atoms with van der Waals surface area (Å²) in [5, 5.41) is 13.8. The second-order valence-electron chi connectivity index (χ2n) is 4.92. The Bertz CT molecular complexity index is 507. The average molecular weight is 309 g/mol. The summed E-state index contributed by atoms with van der Waals surface area (Å²) in [5.41, 5.74) is 0.950. The fourth-order valence-corrected chi connectivity index (χ4v) is 2.89. The zero-order valence-electron chi connectivity index (χ0n) is 11.9. The quantitative estimate of drug-likeness (QED) is 0.474. The Morgan fingerprint density at radius 1 is 1.38 bits per heavy atom. The predicted octanol–water partition coefficient (Wildman–Crippen LogP) is 2.17. The minimum Gasteiger partial charge on any atom is -0.322 e. The Kier molecular flexibility index (Phi) is 5.58. The summed E-state index contributed by atoms with van der Waals surface area (Å²) in [4.78, 5) is 24.0. The molecule has 1 aliphatic rings. The molecule has 1 aromatic carbocycles. The second-order valence-corrected chi connectivity index (χ2v) is 5.90. The SMILES string of the molecule is CSCCCCN1C(=O)CNC1c1ccc([N+](=O)[O-])cc1. The Morgan fingerprint density at radius 2 is 2.10 bits per heavy atom. The van der Waals surface area contributed by atoms with Crippen LogP contribution in [-0.2, 0) is 4.79 Å². The molecule has 1 saturated heterocycles. The summed E-state index contributed by atoms with van der Waals surface area (Å²) < 4.78 is 0. The molecule has 0 spiro atoms. The van der Waals surface area contributed by atoms with E-state index in [2.05, 4.69) is 11.6 Å². The van der Waals surface area contributed by atoms with Crippen LogP contribution in [0.1, 0.15) is 24.6 Å². The number of hydrogen-bond acceptors (Lipinski definition) is 5. The van der Waals surface area contributed by atoms with Gasteiger partial charge in [0.15, 0.2) is 0 Å². The summed E-state index contributed by atoms with van der Waals surface area (Å²) >= 11 is 1.80. The minimum absolute atomic E-state index is 0.0644. The van der Waals surface area contributed by atoms with E-state index in [1.807, 2.05) is 4.90 Å². The first-order valence-electron chi connectivity index (χ1n) is 6.89. The molecule has 1 aliphatic heterocycles. The number of non-ortho nitro benzene ring substituents is 1. The fraction of sp³-hybridized carbons (Fsp3) is 0.500. The zero-order valence-corrected chi connectivity index (χ0v) is 12.8. The third-order valence-corrected chi connectivity index (χ3v) is 4.19. The number of rotatable bonds is 7. The molecule has 0 bridgehead atoms. The maximum absolute atomic E-state index is 11.9. The lowest BCUT2D eigenvalue weighted by molar-refractivity contribution is -0.384. The van der Waals surface area contributed by atoms with Crippen LogP contribution in [0.25, 0.3) is 0 Å². The number of unbranched alkanes of at least 4 members (excludes halogenated alkanes) is 1. The highest BCUT2D eigenvalue weighted by atomic mass is 32.2. The zero-order chi connectivity index (χ0) is 15.2. The minimum atomic E-state index is -0.419. The standard InChI is InChI=1S/C14H19N3O3S/c1-21-9-3-2-8-16-13(18)10-15-14(16)11-4-6-12(7-5-11)17(19)20/h4-7,14-15H,2-3,8-10H2,1H3. The van der Waals surface area contributed by atoms with Crippen LogP contribution in [0.2, 0.25) is 0 Å². The van der Waals surface area contributed by atoms with Crippen molar-refractivity contribution in [1.82, 2.24) is 10.2 Å². The molecule has 1 atom stereocenters. The van der Waals surface area contributed by atoms with Gasteiger partial charge in [0.2, 0.25) is 5.91 Å². The van der Waals surface area contributed by atoms with Gasteiger partial charge in [-0.15, -0.1) is 0 Å². The van der Waals surface area contributed by atoms with E-state index in [9.17, 15) is 14.9 Å². The first-order valence-corrected chi connectivity index (χ1v) is 8.29. The third kappa shape index (κ3) is 3.95. The van der Waals surface area contributed by atoms with Gasteiger partial charge in [-0.05, 0) is 42.5 Å².